The minimum atomic E-state index is -0.354. The minimum absolute atomic E-state index is 0.0488. The van der Waals surface area contributed by atoms with Crippen molar-refractivity contribution in [1.82, 2.24) is 4.98 Å². The molecule has 0 bridgehead atoms. The number of aromatic nitrogens is 1. The Hall–Kier alpha value is -3.32. The maximum Gasteiger partial charge on any atom is 0.259 e. The molecule has 1 heterocycles. The number of rotatable bonds is 4. The number of benzene rings is 3. The van der Waals surface area contributed by atoms with Crippen molar-refractivity contribution in [1.29, 1.82) is 0 Å². The van der Waals surface area contributed by atoms with Crippen molar-refractivity contribution in [3.05, 3.63) is 70.2 Å². The lowest BCUT2D eigenvalue weighted by Crippen LogP contribution is -2.13. The number of anilines is 1. The third-order valence-corrected chi connectivity index (χ3v) is 4.93. The Morgan fingerprint density at radius 1 is 1.14 bits per heavy atom. The van der Waals surface area contributed by atoms with Gasteiger partial charge in [0, 0.05) is 16.2 Å². The second-order valence-electron chi connectivity index (χ2n) is 6.52. The number of nitrogens with zero attached hydrogens (tertiary/aromatic N) is 1. The number of carbonyl (C=O) groups excluding carboxylic acids is 1. The average molecular weight is 453 g/mol. The summed E-state index contributed by atoms with van der Waals surface area (Å²) in [6, 6.07) is 15.6. The molecular formula is C22H17BrN2O4. The molecular weight excluding hydrogens is 436 g/mol. The van der Waals surface area contributed by atoms with E-state index in [-0.39, 0.29) is 11.7 Å². The molecule has 4 aromatic rings. The predicted molar refractivity (Wildman–Crippen MR) is 114 cm³/mol. The molecule has 29 heavy (non-hydrogen) atoms. The Morgan fingerprint density at radius 2 is 1.97 bits per heavy atom. The highest BCUT2D eigenvalue weighted by atomic mass is 79.9. The summed E-state index contributed by atoms with van der Waals surface area (Å²) < 4.78 is 11.7. The number of amides is 1. The van der Waals surface area contributed by atoms with E-state index in [1.807, 2.05) is 25.1 Å². The number of phenols is 1. The van der Waals surface area contributed by atoms with E-state index in [1.54, 1.807) is 30.3 Å². The smallest absolute Gasteiger partial charge is 0.259 e. The van der Waals surface area contributed by atoms with E-state index in [0.717, 1.165) is 15.6 Å². The van der Waals surface area contributed by atoms with E-state index in [9.17, 15) is 9.90 Å². The van der Waals surface area contributed by atoms with Crippen LogP contribution in [0.15, 0.2) is 63.5 Å². The van der Waals surface area contributed by atoms with E-state index < -0.39 is 0 Å². The molecule has 0 atom stereocenters. The molecule has 0 saturated carbocycles. The Bertz CT molecular complexity index is 1230. The molecule has 1 aromatic heterocycles. The summed E-state index contributed by atoms with van der Waals surface area (Å²) in [6.45, 7) is 1.98. The number of hydrogen-bond donors (Lipinski definition) is 2. The lowest BCUT2D eigenvalue weighted by Gasteiger charge is -2.11. The fraction of sp³-hybridized carbons (Fsp3) is 0.0909. The summed E-state index contributed by atoms with van der Waals surface area (Å²) in [6.07, 6.45) is 0. The van der Waals surface area contributed by atoms with E-state index >= 15 is 0 Å². The molecule has 6 nitrogen and oxygen atoms in total. The topological polar surface area (TPSA) is 84.6 Å². The number of phenolic OH excluding ortho intramolecular Hbond substituents is 1. The molecule has 0 spiro atoms. The summed E-state index contributed by atoms with van der Waals surface area (Å²) >= 11 is 3.35. The maximum absolute atomic E-state index is 12.6. The summed E-state index contributed by atoms with van der Waals surface area (Å²) in [5.74, 6) is 0.364. The highest BCUT2D eigenvalue weighted by molar-refractivity contribution is 9.10. The lowest BCUT2D eigenvalue weighted by molar-refractivity contribution is 0.102. The number of fused-ring (bicyclic) bond motifs is 1. The SMILES string of the molecule is COc1ccc(Br)cc1C(=O)Nc1ccc(-c2nc3cc(C)ccc3o2)c(O)c1. The number of methoxy groups -OCH3 is 1. The summed E-state index contributed by atoms with van der Waals surface area (Å²) in [5, 5.41) is 13.2. The Labute approximate surface area is 175 Å². The predicted octanol–water partition coefficient (Wildman–Crippen LogP) is 5.53. The van der Waals surface area contributed by atoms with Crippen LogP contribution in [0.2, 0.25) is 0 Å². The highest BCUT2D eigenvalue weighted by Gasteiger charge is 2.16. The molecule has 0 fully saturated rings. The van der Waals surface area contributed by atoms with Crippen molar-refractivity contribution < 1.29 is 19.1 Å². The van der Waals surface area contributed by atoms with Gasteiger partial charge in [0.2, 0.25) is 5.89 Å². The zero-order valence-electron chi connectivity index (χ0n) is 15.7. The van der Waals surface area contributed by atoms with Gasteiger partial charge in [0.15, 0.2) is 5.58 Å². The minimum Gasteiger partial charge on any atom is -0.507 e. The highest BCUT2D eigenvalue weighted by Crippen LogP contribution is 2.33. The quantitative estimate of drug-likeness (QED) is 0.424. The van der Waals surface area contributed by atoms with Gasteiger partial charge >= 0.3 is 0 Å². The van der Waals surface area contributed by atoms with Crippen molar-refractivity contribution in [2.45, 2.75) is 6.92 Å². The molecule has 7 heteroatoms. The molecule has 0 saturated heterocycles. The lowest BCUT2D eigenvalue weighted by atomic mass is 10.1. The summed E-state index contributed by atoms with van der Waals surface area (Å²) in [5.41, 5.74) is 3.69. The molecule has 0 aliphatic rings. The van der Waals surface area contributed by atoms with E-state index in [0.29, 0.717) is 34.0 Å². The van der Waals surface area contributed by atoms with Gasteiger partial charge in [0.25, 0.3) is 5.91 Å². The average Bonchev–Trinajstić information content (AvgIpc) is 3.10. The molecule has 1 amide bonds. The Kier molecular flexibility index (Phi) is 4.98. The van der Waals surface area contributed by atoms with E-state index in [1.165, 1.54) is 13.2 Å². The first-order chi connectivity index (χ1) is 13.9. The van der Waals surface area contributed by atoms with Crippen LogP contribution >= 0.6 is 15.9 Å². The molecule has 4 rings (SSSR count). The monoisotopic (exact) mass is 452 g/mol. The first-order valence-corrected chi connectivity index (χ1v) is 9.59. The Balaban J connectivity index is 1.61. The Morgan fingerprint density at radius 3 is 2.72 bits per heavy atom. The number of nitrogens with one attached hydrogen (secondary N) is 1. The van der Waals surface area contributed by atoms with Crippen LogP contribution in [0.3, 0.4) is 0 Å². The van der Waals surface area contributed by atoms with Crippen molar-refractivity contribution in [2.24, 2.45) is 0 Å². The number of aryl methyl sites for hydroxylation is 1. The van der Waals surface area contributed by atoms with Crippen molar-refractivity contribution in [3.8, 4) is 23.0 Å². The van der Waals surface area contributed by atoms with Crippen molar-refractivity contribution >= 4 is 38.6 Å². The van der Waals surface area contributed by atoms with Gasteiger partial charge in [-0.1, -0.05) is 22.0 Å². The van der Waals surface area contributed by atoms with Crippen LogP contribution in [-0.4, -0.2) is 23.1 Å². The van der Waals surface area contributed by atoms with Gasteiger partial charge in [-0.05, 0) is 55.0 Å². The third kappa shape index (κ3) is 3.82. The van der Waals surface area contributed by atoms with Gasteiger partial charge in [-0.25, -0.2) is 4.98 Å². The second-order valence-corrected chi connectivity index (χ2v) is 7.44. The zero-order valence-corrected chi connectivity index (χ0v) is 17.3. The maximum atomic E-state index is 12.6. The number of ether oxygens (including phenoxy) is 1. The molecule has 2 N–H and O–H groups in total. The summed E-state index contributed by atoms with van der Waals surface area (Å²) in [4.78, 5) is 17.1. The van der Waals surface area contributed by atoms with Crippen LogP contribution in [0.25, 0.3) is 22.6 Å². The fourth-order valence-electron chi connectivity index (χ4n) is 3.00. The van der Waals surface area contributed by atoms with Crippen LogP contribution in [0.4, 0.5) is 5.69 Å². The van der Waals surface area contributed by atoms with Crippen LogP contribution in [0.1, 0.15) is 15.9 Å². The number of carbonyl (C=O) groups is 1. The standard InChI is InChI=1S/C22H17BrN2O4/c1-12-3-7-20-17(9-12)25-22(29-20)15-6-5-14(11-18(15)26)24-21(27)16-10-13(23)4-8-19(16)28-2/h3-11,26H,1-2H3,(H,24,27). The van der Waals surface area contributed by atoms with Crippen LogP contribution in [0.5, 0.6) is 11.5 Å². The van der Waals surface area contributed by atoms with E-state index in [2.05, 4.69) is 26.2 Å². The van der Waals surface area contributed by atoms with Gasteiger partial charge in [0.05, 0.1) is 18.2 Å². The van der Waals surface area contributed by atoms with Crippen LogP contribution in [-0.2, 0) is 0 Å². The van der Waals surface area contributed by atoms with Crippen molar-refractivity contribution in [2.75, 3.05) is 12.4 Å². The largest absolute Gasteiger partial charge is 0.507 e. The molecule has 0 aliphatic heterocycles. The van der Waals surface area contributed by atoms with Crippen molar-refractivity contribution in [3.63, 3.8) is 0 Å². The molecule has 3 aromatic carbocycles. The second kappa shape index (κ2) is 7.60. The third-order valence-electron chi connectivity index (χ3n) is 4.44. The number of halogens is 1. The van der Waals surface area contributed by atoms with Gasteiger partial charge in [-0.3, -0.25) is 4.79 Å². The molecule has 0 aliphatic carbocycles. The number of aromatic hydroxyl groups is 1. The van der Waals surface area contributed by atoms with Gasteiger partial charge < -0.3 is 19.6 Å². The summed E-state index contributed by atoms with van der Waals surface area (Å²) in [7, 11) is 1.50. The molecule has 146 valence electrons. The van der Waals surface area contributed by atoms with E-state index in [4.69, 9.17) is 9.15 Å². The molecule has 0 unspecified atom stereocenters. The first kappa shape index (κ1) is 19.0. The van der Waals surface area contributed by atoms with Crippen LogP contribution in [0, 0.1) is 6.92 Å². The zero-order chi connectivity index (χ0) is 20.5. The number of hydrogen-bond acceptors (Lipinski definition) is 5. The van der Waals surface area contributed by atoms with Gasteiger partial charge in [0.1, 0.15) is 17.0 Å². The number of oxazole rings is 1. The first-order valence-electron chi connectivity index (χ1n) is 8.80. The van der Waals surface area contributed by atoms with Gasteiger partial charge in [-0.15, -0.1) is 0 Å². The van der Waals surface area contributed by atoms with Crippen LogP contribution < -0.4 is 10.1 Å². The fourth-order valence-corrected chi connectivity index (χ4v) is 3.36. The molecule has 0 radical (unpaired) electrons. The van der Waals surface area contributed by atoms with Gasteiger partial charge in [-0.2, -0.15) is 0 Å². The normalized spacial score (nSPS) is 10.9.